The van der Waals surface area contributed by atoms with E-state index in [2.05, 4.69) is 13.2 Å². The summed E-state index contributed by atoms with van der Waals surface area (Å²) in [5.41, 5.74) is 0. The van der Waals surface area contributed by atoms with Crippen molar-refractivity contribution in [3.63, 3.8) is 0 Å². The van der Waals surface area contributed by atoms with Crippen molar-refractivity contribution in [3.05, 3.63) is 86.0 Å². The van der Waals surface area contributed by atoms with E-state index < -0.39 is 23.8 Å². The van der Waals surface area contributed by atoms with Gasteiger partial charge in [0.25, 0.3) is 0 Å². The largest absolute Gasteiger partial charge is 0.222 e. The second-order valence-electron chi connectivity index (χ2n) is 5.53. The Hall–Kier alpha value is -2.18. The van der Waals surface area contributed by atoms with Gasteiger partial charge in [0.05, 0.1) is 9.79 Å². The van der Waals surface area contributed by atoms with Crippen LogP contribution in [-0.2, 0) is 19.7 Å². The number of hydrogen-bond acceptors (Lipinski definition) is 4. The average Bonchev–Trinajstić information content (AvgIpc) is 2.62. The van der Waals surface area contributed by atoms with Crippen LogP contribution in [0.25, 0.3) is 0 Å². The summed E-state index contributed by atoms with van der Waals surface area (Å²) in [6, 6.07) is 15.2. The Morgan fingerprint density at radius 1 is 0.680 bits per heavy atom. The minimum absolute atomic E-state index is 0.0433. The van der Waals surface area contributed by atoms with Crippen molar-refractivity contribution >= 4 is 19.7 Å². The van der Waals surface area contributed by atoms with E-state index in [0.717, 1.165) is 0 Å². The van der Waals surface area contributed by atoms with Crippen LogP contribution in [0.2, 0.25) is 0 Å². The fourth-order valence-corrected chi connectivity index (χ4v) is 7.71. The van der Waals surface area contributed by atoms with Crippen LogP contribution in [0.15, 0.2) is 95.8 Å². The monoisotopic (exact) mass is 376 g/mol. The molecule has 2 aromatic carbocycles. The van der Waals surface area contributed by atoms with Crippen LogP contribution in [0.3, 0.4) is 0 Å². The molecule has 0 atom stereocenters. The summed E-state index contributed by atoms with van der Waals surface area (Å²) >= 11 is 0. The molecule has 0 saturated heterocycles. The van der Waals surface area contributed by atoms with Gasteiger partial charge in [0.2, 0.25) is 0 Å². The molecule has 0 saturated carbocycles. The quantitative estimate of drug-likeness (QED) is 0.658. The highest BCUT2D eigenvalue weighted by molar-refractivity contribution is 8.10. The van der Waals surface area contributed by atoms with Crippen molar-refractivity contribution in [1.29, 1.82) is 0 Å². The lowest BCUT2D eigenvalue weighted by Crippen LogP contribution is -2.45. The molecule has 0 bridgehead atoms. The smallest absolute Gasteiger partial charge is 0.199 e. The van der Waals surface area contributed by atoms with Crippen LogP contribution in [0.5, 0.6) is 0 Å². The van der Waals surface area contributed by atoms with Crippen molar-refractivity contribution < 1.29 is 16.8 Å². The van der Waals surface area contributed by atoms with Gasteiger partial charge in [-0.15, -0.1) is 13.2 Å². The summed E-state index contributed by atoms with van der Waals surface area (Å²) in [4.78, 5) is -0.0867. The van der Waals surface area contributed by atoms with E-state index in [-0.39, 0.29) is 22.6 Å². The summed E-state index contributed by atoms with van der Waals surface area (Å²) in [5.74, 6) is 0. The lowest BCUT2D eigenvalue weighted by Gasteiger charge is -2.31. The lowest BCUT2D eigenvalue weighted by molar-refractivity contribution is 0.537. The Bertz CT molecular complexity index is 863. The number of hydrogen-bond donors (Lipinski definition) is 0. The number of rotatable bonds is 8. The van der Waals surface area contributed by atoms with E-state index >= 15 is 0 Å². The average molecular weight is 376 g/mol. The molecule has 0 aromatic heterocycles. The zero-order chi connectivity index (χ0) is 18.6. The molecule has 0 radical (unpaired) electrons. The molecule has 0 aliphatic rings. The topological polar surface area (TPSA) is 68.3 Å². The van der Waals surface area contributed by atoms with E-state index in [4.69, 9.17) is 0 Å². The molecule has 0 aliphatic carbocycles. The van der Waals surface area contributed by atoms with Crippen LogP contribution in [0, 0.1) is 0 Å². The second kappa shape index (κ2) is 7.37. The first-order valence-electron chi connectivity index (χ1n) is 7.64. The highest BCUT2D eigenvalue weighted by Crippen LogP contribution is 2.41. The molecule has 2 rings (SSSR count). The van der Waals surface area contributed by atoms with Gasteiger partial charge in [-0.1, -0.05) is 48.6 Å². The van der Waals surface area contributed by atoms with Crippen molar-refractivity contribution in [1.82, 2.24) is 0 Å². The maximum atomic E-state index is 13.4. The molecule has 0 aliphatic heterocycles. The molecular weight excluding hydrogens is 356 g/mol. The van der Waals surface area contributed by atoms with Crippen molar-refractivity contribution in [3.8, 4) is 0 Å². The van der Waals surface area contributed by atoms with Gasteiger partial charge in [0, 0.05) is 0 Å². The number of benzene rings is 2. The highest BCUT2D eigenvalue weighted by atomic mass is 32.3. The summed E-state index contributed by atoms with van der Waals surface area (Å²) in [6.07, 6.45) is 2.16. The normalized spacial score (nSPS) is 12.5. The van der Waals surface area contributed by atoms with Crippen molar-refractivity contribution in [2.45, 2.75) is 26.7 Å². The zero-order valence-electron chi connectivity index (χ0n) is 13.7. The molecule has 25 heavy (non-hydrogen) atoms. The van der Waals surface area contributed by atoms with Crippen molar-refractivity contribution in [2.24, 2.45) is 0 Å². The second-order valence-corrected chi connectivity index (χ2v) is 10.3. The Labute approximate surface area is 149 Å². The van der Waals surface area contributed by atoms with Gasteiger partial charge in [-0.2, -0.15) is 0 Å². The van der Waals surface area contributed by atoms with Crippen LogP contribution in [-0.4, -0.2) is 20.9 Å². The minimum Gasteiger partial charge on any atom is -0.222 e. The fourth-order valence-electron chi connectivity index (χ4n) is 2.74. The summed E-state index contributed by atoms with van der Waals surface area (Å²) in [5, 5.41) is 0. The van der Waals surface area contributed by atoms with Gasteiger partial charge in [-0.05, 0) is 37.1 Å². The first kappa shape index (κ1) is 19.1. The van der Waals surface area contributed by atoms with Gasteiger partial charge < -0.3 is 0 Å². The third-order valence-electron chi connectivity index (χ3n) is 4.00. The third kappa shape index (κ3) is 3.19. The Morgan fingerprint density at radius 2 is 1.00 bits per heavy atom. The van der Waals surface area contributed by atoms with Gasteiger partial charge in [-0.25, -0.2) is 16.8 Å². The molecule has 0 spiro atoms. The SMILES string of the molecule is C=CCC(CC=C)(S(=O)(=O)c1ccccc1)S(=O)(=O)c1ccccc1. The van der Waals surface area contributed by atoms with Crippen molar-refractivity contribution in [2.75, 3.05) is 0 Å². The number of allylic oxidation sites excluding steroid dienone is 2. The summed E-state index contributed by atoms with van der Waals surface area (Å²) in [7, 11) is -8.45. The summed E-state index contributed by atoms with van der Waals surface area (Å²) < 4.78 is 51.4. The van der Waals surface area contributed by atoms with Gasteiger partial charge in [0.1, 0.15) is 0 Å². The van der Waals surface area contributed by atoms with Crippen LogP contribution >= 0.6 is 0 Å². The van der Waals surface area contributed by atoms with Crippen LogP contribution < -0.4 is 0 Å². The molecule has 2 aromatic rings. The maximum Gasteiger partial charge on any atom is 0.199 e. The predicted molar refractivity (Wildman–Crippen MR) is 99.6 cm³/mol. The molecule has 0 fully saturated rings. The Morgan fingerprint density at radius 3 is 1.28 bits per heavy atom. The molecule has 6 heteroatoms. The standard InChI is InChI=1S/C19H20O4S2/c1-3-15-19(16-4-2,24(20,21)17-11-7-5-8-12-17)25(22,23)18-13-9-6-10-14-18/h3-14H,1-2,15-16H2. The highest BCUT2D eigenvalue weighted by Gasteiger charge is 2.54. The number of sulfone groups is 2. The van der Waals surface area contributed by atoms with Crippen LogP contribution in [0.1, 0.15) is 12.8 Å². The fraction of sp³-hybridized carbons (Fsp3) is 0.158. The van der Waals surface area contributed by atoms with E-state index in [1.165, 1.54) is 36.4 Å². The van der Waals surface area contributed by atoms with E-state index in [1.807, 2.05) is 0 Å². The Balaban J connectivity index is 2.84. The molecule has 0 heterocycles. The zero-order valence-corrected chi connectivity index (χ0v) is 15.3. The van der Waals surface area contributed by atoms with Gasteiger partial charge in [-0.3, -0.25) is 0 Å². The molecule has 0 unspecified atom stereocenters. The predicted octanol–water partition coefficient (Wildman–Crippen LogP) is 3.78. The minimum atomic E-state index is -4.22. The molecule has 132 valence electrons. The maximum absolute atomic E-state index is 13.4. The third-order valence-corrected chi connectivity index (χ3v) is 9.72. The molecule has 0 N–H and O–H groups in total. The van der Waals surface area contributed by atoms with E-state index in [1.54, 1.807) is 36.4 Å². The van der Waals surface area contributed by atoms with Gasteiger partial charge in [0.15, 0.2) is 23.8 Å². The van der Waals surface area contributed by atoms with E-state index in [0.29, 0.717) is 0 Å². The van der Waals surface area contributed by atoms with Crippen LogP contribution in [0.4, 0.5) is 0 Å². The van der Waals surface area contributed by atoms with E-state index in [9.17, 15) is 16.8 Å². The molecule has 0 amide bonds. The summed E-state index contributed by atoms with van der Waals surface area (Å²) in [6.45, 7) is 7.16. The lowest BCUT2D eigenvalue weighted by atomic mass is 10.2. The molecular formula is C19H20O4S2. The Kier molecular flexibility index (Phi) is 5.65. The van der Waals surface area contributed by atoms with Gasteiger partial charge >= 0.3 is 0 Å². The first-order valence-corrected chi connectivity index (χ1v) is 10.6. The first-order chi connectivity index (χ1) is 11.8. The molecule has 4 nitrogen and oxygen atoms in total.